The van der Waals surface area contributed by atoms with Crippen LogP contribution in [0.5, 0.6) is 0 Å². The van der Waals surface area contributed by atoms with Gasteiger partial charge in [-0.25, -0.2) is 0 Å². The van der Waals surface area contributed by atoms with E-state index in [1.54, 1.807) is 0 Å². The first-order valence-corrected chi connectivity index (χ1v) is 6.27. The molecule has 17 heavy (non-hydrogen) atoms. The predicted molar refractivity (Wildman–Crippen MR) is 69.7 cm³/mol. The fourth-order valence-corrected chi connectivity index (χ4v) is 1.99. The zero-order valence-electron chi connectivity index (χ0n) is 10.1. The van der Waals surface area contributed by atoms with E-state index in [0.29, 0.717) is 6.61 Å². The van der Waals surface area contributed by atoms with Gasteiger partial charge < -0.3 is 10.1 Å². The van der Waals surface area contributed by atoms with Crippen molar-refractivity contribution in [1.82, 2.24) is 5.32 Å². The van der Waals surface area contributed by atoms with Crippen LogP contribution in [0.15, 0.2) is 30.3 Å². The summed E-state index contributed by atoms with van der Waals surface area (Å²) in [5.74, 6) is 6.93. The maximum Gasteiger partial charge on any atom is 0.108 e. The highest BCUT2D eigenvalue weighted by molar-refractivity contribution is 5.33. The molecule has 1 aliphatic heterocycles. The van der Waals surface area contributed by atoms with Crippen LogP contribution < -0.4 is 5.32 Å². The third kappa shape index (κ3) is 4.60. The number of benzene rings is 1. The van der Waals surface area contributed by atoms with Crippen LogP contribution in [0, 0.1) is 17.8 Å². The van der Waals surface area contributed by atoms with Gasteiger partial charge in [-0.2, -0.15) is 0 Å². The minimum Gasteiger partial charge on any atom is -0.369 e. The molecule has 1 aliphatic rings. The van der Waals surface area contributed by atoms with Crippen molar-refractivity contribution in [2.45, 2.75) is 12.8 Å². The van der Waals surface area contributed by atoms with Crippen LogP contribution in [-0.2, 0) is 4.74 Å². The third-order valence-electron chi connectivity index (χ3n) is 3.01. The highest BCUT2D eigenvalue weighted by atomic mass is 16.5. The van der Waals surface area contributed by atoms with E-state index in [-0.39, 0.29) is 0 Å². The predicted octanol–water partition coefficient (Wildman–Crippen LogP) is 2.05. The normalized spacial score (nSPS) is 18.7. The van der Waals surface area contributed by atoms with Crippen molar-refractivity contribution in [3.63, 3.8) is 0 Å². The van der Waals surface area contributed by atoms with Gasteiger partial charge >= 0.3 is 0 Å². The quantitative estimate of drug-likeness (QED) is 0.630. The van der Waals surface area contributed by atoms with Gasteiger partial charge in [0, 0.05) is 12.2 Å². The molecule has 1 saturated heterocycles. The SMILES string of the molecule is C(#Cc1ccccc1)COCCC1CCNC1. The molecule has 1 atom stereocenters. The summed E-state index contributed by atoms with van der Waals surface area (Å²) in [5, 5.41) is 3.36. The summed E-state index contributed by atoms with van der Waals surface area (Å²) in [4.78, 5) is 0. The third-order valence-corrected chi connectivity index (χ3v) is 3.01. The first kappa shape index (κ1) is 12.2. The Balaban J connectivity index is 1.58. The molecule has 2 nitrogen and oxygen atoms in total. The monoisotopic (exact) mass is 229 g/mol. The molecule has 0 amide bonds. The molecular formula is C15H19NO. The van der Waals surface area contributed by atoms with Gasteiger partial charge in [-0.05, 0) is 44.0 Å². The lowest BCUT2D eigenvalue weighted by atomic mass is 10.1. The average molecular weight is 229 g/mol. The number of hydrogen-bond acceptors (Lipinski definition) is 2. The molecule has 1 aromatic rings. The van der Waals surface area contributed by atoms with E-state index in [0.717, 1.165) is 31.1 Å². The number of hydrogen-bond donors (Lipinski definition) is 1. The van der Waals surface area contributed by atoms with Crippen LogP contribution in [0.3, 0.4) is 0 Å². The molecule has 0 saturated carbocycles. The Kier molecular flexibility index (Phi) is 5.09. The molecule has 90 valence electrons. The highest BCUT2D eigenvalue weighted by Gasteiger charge is 2.13. The van der Waals surface area contributed by atoms with Crippen LogP contribution in [0.4, 0.5) is 0 Å². The highest BCUT2D eigenvalue weighted by Crippen LogP contribution is 2.11. The van der Waals surface area contributed by atoms with Crippen molar-refractivity contribution in [3.05, 3.63) is 35.9 Å². The molecule has 1 fully saturated rings. The Hall–Kier alpha value is -1.30. The second-order valence-corrected chi connectivity index (χ2v) is 4.37. The van der Waals surface area contributed by atoms with Crippen molar-refractivity contribution >= 4 is 0 Å². The molecule has 0 aromatic heterocycles. The van der Waals surface area contributed by atoms with Gasteiger partial charge in [-0.15, -0.1) is 0 Å². The molecule has 0 spiro atoms. The van der Waals surface area contributed by atoms with Gasteiger partial charge in [0.1, 0.15) is 6.61 Å². The molecule has 1 unspecified atom stereocenters. The summed E-state index contributed by atoms with van der Waals surface area (Å²) in [6.07, 6.45) is 2.44. The van der Waals surface area contributed by atoms with Crippen LogP contribution in [0.25, 0.3) is 0 Å². The van der Waals surface area contributed by atoms with E-state index in [1.807, 2.05) is 30.3 Å². The molecule has 0 radical (unpaired) electrons. The lowest BCUT2D eigenvalue weighted by Crippen LogP contribution is -2.10. The first-order valence-electron chi connectivity index (χ1n) is 6.27. The fraction of sp³-hybridized carbons (Fsp3) is 0.467. The van der Waals surface area contributed by atoms with E-state index >= 15 is 0 Å². The smallest absolute Gasteiger partial charge is 0.108 e. The number of nitrogens with one attached hydrogen (secondary N) is 1. The summed E-state index contributed by atoms with van der Waals surface area (Å²) in [7, 11) is 0. The van der Waals surface area contributed by atoms with E-state index < -0.39 is 0 Å². The molecule has 1 aromatic carbocycles. The zero-order chi connectivity index (χ0) is 11.8. The Morgan fingerprint density at radius 2 is 2.18 bits per heavy atom. The van der Waals surface area contributed by atoms with E-state index in [9.17, 15) is 0 Å². The molecular weight excluding hydrogens is 210 g/mol. The fourth-order valence-electron chi connectivity index (χ4n) is 1.99. The van der Waals surface area contributed by atoms with Crippen molar-refractivity contribution < 1.29 is 4.74 Å². The van der Waals surface area contributed by atoms with E-state index in [4.69, 9.17) is 4.74 Å². The lowest BCUT2D eigenvalue weighted by Gasteiger charge is -2.06. The van der Waals surface area contributed by atoms with Crippen molar-refractivity contribution in [1.29, 1.82) is 0 Å². The van der Waals surface area contributed by atoms with Crippen molar-refractivity contribution in [2.24, 2.45) is 5.92 Å². The van der Waals surface area contributed by atoms with Gasteiger partial charge in [0.15, 0.2) is 0 Å². The van der Waals surface area contributed by atoms with Gasteiger partial charge in [0.05, 0.1) is 0 Å². The Morgan fingerprint density at radius 1 is 1.29 bits per heavy atom. The minimum absolute atomic E-state index is 0.537. The van der Waals surface area contributed by atoms with E-state index in [1.165, 1.54) is 13.0 Å². The second-order valence-electron chi connectivity index (χ2n) is 4.37. The minimum atomic E-state index is 0.537. The van der Waals surface area contributed by atoms with Crippen LogP contribution in [0.2, 0.25) is 0 Å². The second kappa shape index (κ2) is 7.11. The largest absolute Gasteiger partial charge is 0.369 e. The van der Waals surface area contributed by atoms with Crippen molar-refractivity contribution in [2.75, 3.05) is 26.3 Å². The molecule has 2 heteroatoms. The van der Waals surface area contributed by atoms with Crippen LogP contribution in [0.1, 0.15) is 18.4 Å². The summed E-state index contributed by atoms with van der Waals surface area (Å²) in [6.45, 7) is 3.68. The topological polar surface area (TPSA) is 21.3 Å². The summed E-state index contributed by atoms with van der Waals surface area (Å²) in [5.41, 5.74) is 1.05. The Bertz CT molecular complexity index is 371. The molecule has 0 aliphatic carbocycles. The maximum atomic E-state index is 5.52. The molecule has 1 heterocycles. The average Bonchev–Trinajstić information content (AvgIpc) is 2.88. The first-order chi connectivity index (χ1) is 8.45. The number of ether oxygens (including phenoxy) is 1. The van der Waals surface area contributed by atoms with Crippen molar-refractivity contribution in [3.8, 4) is 11.8 Å². The Morgan fingerprint density at radius 3 is 2.94 bits per heavy atom. The summed E-state index contributed by atoms with van der Waals surface area (Å²) >= 11 is 0. The zero-order valence-corrected chi connectivity index (χ0v) is 10.1. The Labute approximate surface area is 103 Å². The van der Waals surface area contributed by atoms with Gasteiger partial charge in [0.25, 0.3) is 0 Å². The van der Waals surface area contributed by atoms with Crippen LogP contribution >= 0.6 is 0 Å². The van der Waals surface area contributed by atoms with Gasteiger partial charge in [-0.1, -0.05) is 30.0 Å². The standard InChI is InChI=1S/C15H19NO/c1-2-5-14(6-3-1)7-4-11-17-12-9-15-8-10-16-13-15/h1-3,5-6,15-16H,8-13H2. The molecule has 0 bridgehead atoms. The maximum absolute atomic E-state index is 5.52. The molecule has 2 rings (SSSR count). The van der Waals surface area contributed by atoms with Gasteiger partial charge in [0.2, 0.25) is 0 Å². The van der Waals surface area contributed by atoms with E-state index in [2.05, 4.69) is 17.2 Å². The number of rotatable bonds is 4. The summed E-state index contributed by atoms with van der Waals surface area (Å²) in [6, 6.07) is 10.0. The molecule has 1 N–H and O–H groups in total. The van der Waals surface area contributed by atoms with Crippen LogP contribution in [-0.4, -0.2) is 26.3 Å². The van der Waals surface area contributed by atoms with Gasteiger partial charge in [-0.3, -0.25) is 0 Å². The lowest BCUT2D eigenvalue weighted by molar-refractivity contribution is 0.152. The summed E-state index contributed by atoms with van der Waals surface area (Å²) < 4.78 is 5.52.